The second-order valence-corrected chi connectivity index (χ2v) is 5.62. The van der Waals surface area contributed by atoms with E-state index < -0.39 is 30.3 Å². The van der Waals surface area contributed by atoms with Crippen molar-refractivity contribution in [3.05, 3.63) is 29.8 Å². The number of carbonyl (C=O) groups is 5. The first-order chi connectivity index (χ1) is 12.4. The van der Waals surface area contributed by atoms with Crippen LogP contribution in [-0.2, 0) is 14.4 Å². The van der Waals surface area contributed by atoms with Crippen LogP contribution in [0.1, 0.15) is 30.6 Å². The fraction of sp³-hybridized carbons (Fsp3) is 0.353. The standard InChI is InChI=1S/C17H20N4O5/c1-3-8-20-15(24)16(25)21(17(20)26)10-13(22)19-12-7-5-6-11(9-12)14(23)18-4-2/h5-7,9H,3-4,8,10H2,1-2H3,(H,18,23)(H,19,22). The van der Waals surface area contributed by atoms with Crippen LogP contribution in [-0.4, -0.2) is 59.1 Å². The highest BCUT2D eigenvalue weighted by Crippen LogP contribution is 2.14. The quantitative estimate of drug-likeness (QED) is 0.545. The highest BCUT2D eigenvalue weighted by atomic mass is 16.2. The molecule has 1 aliphatic heterocycles. The van der Waals surface area contributed by atoms with Crippen molar-refractivity contribution in [2.24, 2.45) is 0 Å². The molecule has 1 heterocycles. The summed E-state index contributed by atoms with van der Waals surface area (Å²) in [5, 5.41) is 5.16. The lowest BCUT2D eigenvalue weighted by atomic mass is 10.2. The molecule has 9 nitrogen and oxygen atoms in total. The third-order valence-corrected chi connectivity index (χ3v) is 3.63. The zero-order chi connectivity index (χ0) is 19.3. The number of hydrogen-bond donors (Lipinski definition) is 2. The fourth-order valence-electron chi connectivity index (χ4n) is 2.46. The molecule has 0 atom stereocenters. The van der Waals surface area contributed by atoms with Crippen LogP contribution in [0.15, 0.2) is 24.3 Å². The molecule has 0 saturated carbocycles. The van der Waals surface area contributed by atoms with Gasteiger partial charge in [-0.25, -0.2) is 9.69 Å². The van der Waals surface area contributed by atoms with Crippen LogP contribution in [0.5, 0.6) is 0 Å². The van der Waals surface area contributed by atoms with Crippen LogP contribution in [0.3, 0.4) is 0 Å². The van der Waals surface area contributed by atoms with E-state index in [1.165, 1.54) is 6.07 Å². The second-order valence-electron chi connectivity index (χ2n) is 5.62. The first-order valence-electron chi connectivity index (χ1n) is 8.24. The predicted octanol–water partition coefficient (Wildman–Crippen LogP) is 0.576. The number of carbonyl (C=O) groups excluding carboxylic acids is 5. The van der Waals surface area contributed by atoms with Gasteiger partial charge in [-0.1, -0.05) is 13.0 Å². The van der Waals surface area contributed by atoms with Gasteiger partial charge in [-0.2, -0.15) is 0 Å². The fourth-order valence-corrected chi connectivity index (χ4v) is 2.46. The van der Waals surface area contributed by atoms with Crippen molar-refractivity contribution in [2.45, 2.75) is 20.3 Å². The minimum atomic E-state index is -1.02. The van der Waals surface area contributed by atoms with Crippen LogP contribution in [0, 0.1) is 0 Å². The Labute approximate surface area is 150 Å². The molecule has 1 aliphatic rings. The monoisotopic (exact) mass is 360 g/mol. The lowest BCUT2D eigenvalue weighted by molar-refractivity contribution is -0.143. The normalized spacial score (nSPS) is 14.0. The number of benzene rings is 1. The van der Waals surface area contributed by atoms with Crippen LogP contribution in [0.25, 0.3) is 0 Å². The molecule has 0 spiro atoms. The summed E-state index contributed by atoms with van der Waals surface area (Å²) in [5.41, 5.74) is 0.705. The summed E-state index contributed by atoms with van der Waals surface area (Å²) in [7, 11) is 0. The summed E-state index contributed by atoms with van der Waals surface area (Å²) in [6, 6.07) is 5.44. The van der Waals surface area contributed by atoms with E-state index in [0.29, 0.717) is 29.1 Å². The van der Waals surface area contributed by atoms with Gasteiger partial charge in [0.1, 0.15) is 6.54 Å². The molecule has 6 amide bonds. The molecule has 2 rings (SSSR count). The van der Waals surface area contributed by atoms with E-state index in [0.717, 1.165) is 4.90 Å². The van der Waals surface area contributed by atoms with E-state index in [4.69, 9.17) is 0 Å². The predicted molar refractivity (Wildman–Crippen MR) is 92.2 cm³/mol. The Hall–Kier alpha value is -3.23. The Morgan fingerprint density at radius 3 is 2.38 bits per heavy atom. The maximum absolute atomic E-state index is 12.2. The molecule has 0 aliphatic carbocycles. The van der Waals surface area contributed by atoms with Crippen molar-refractivity contribution < 1.29 is 24.0 Å². The summed E-state index contributed by atoms with van der Waals surface area (Å²) in [6.45, 7) is 3.57. The van der Waals surface area contributed by atoms with E-state index >= 15 is 0 Å². The number of nitrogens with zero attached hydrogens (tertiary/aromatic N) is 2. The van der Waals surface area contributed by atoms with Crippen molar-refractivity contribution in [3.8, 4) is 0 Å². The van der Waals surface area contributed by atoms with Gasteiger partial charge in [0, 0.05) is 24.3 Å². The zero-order valence-electron chi connectivity index (χ0n) is 14.6. The zero-order valence-corrected chi connectivity index (χ0v) is 14.6. The summed E-state index contributed by atoms with van der Waals surface area (Å²) in [6.07, 6.45) is 0.511. The molecule has 0 bridgehead atoms. The van der Waals surface area contributed by atoms with Crippen LogP contribution in [0.4, 0.5) is 10.5 Å². The third-order valence-electron chi connectivity index (χ3n) is 3.63. The number of urea groups is 1. The summed E-state index contributed by atoms with van der Waals surface area (Å²) in [4.78, 5) is 61.2. The molecule has 0 unspecified atom stereocenters. The largest absolute Gasteiger partial charge is 0.352 e. The average molecular weight is 360 g/mol. The molecule has 1 saturated heterocycles. The second kappa shape index (κ2) is 8.24. The van der Waals surface area contributed by atoms with Crippen LogP contribution in [0.2, 0.25) is 0 Å². The summed E-state index contributed by atoms with van der Waals surface area (Å²) in [5.74, 6) is -2.88. The summed E-state index contributed by atoms with van der Waals surface area (Å²) < 4.78 is 0. The van der Waals surface area contributed by atoms with Gasteiger partial charge in [0.25, 0.3) is 5.91 Å². The van der Waals surface area contributed by atoms with Gasteiger partial charge in [0.15, 0.2) is 0 Å². The molecule has 0 aromatic heterocycles. The van der Waals surface area contributed by atoms with Gasteiger partial charge in [0.2, 0.25) is 5.91 Å². The lowest BCUT2D eigenvalue weighted by Crippen LogP contribution is -2.39. The number of amides is 6. The van der Waals surface area contributed by atoms with Crippen LogP contribution >= 0.6 is 0 Å². The number of rotatable bonds is 7. The van der Waals surface area contributed by atoms with Gasteiger partial charge in [-0.3, -0.25) is 24.1 Å². The maximum Gasteiger partial charge on any atom is 0.334 e. The van der Waals surface area contributed by atoms with E-state index in [-0.39, 0.29) is 12.5 Å². The minimum absolute atomic E-state index is 0.121. The number of anilines is 1. The van der Waals surface area contributed by atoms with Gasteiger partial charge in [-0.15, -0.1) is 0 Å². The molecule has 138 valence electrons. The third kappa shape index (κ3) is 4.05. The van der Waals surface area contributed by atoms with Crippen molar-refractivity contribution >= 4 is 35.3 Å². The molecule has 0 radical (unpaired) electrons. The highest BCUT2D eigenvalue weighted by molar-refractivity contribution is 6.45. The smallest absolute Gasteiger partial charge is 0.334 e. The molecule has 9 heteroatoms. The van der Waals surface area contributed by atoms with Gasteiger partial charge in [-0.05, 0) is 31.5 Å². The molecule has 1 aromatic rings. The molecule has 1 fully saturated rings. The lowest BCUT2D eigenvalue weighted by Gasteiger charge is -2.14. The Bertz CT molecular complexity index is 761. The first kappa shape index (κ1) is 19.1. The number of hydrogen-bond acceptors (Lipinski definition) is 5. The number of imide groups is 2. The Morgan fingerprint density at radius 1 is 1.04 bits per heavy atom. The van der Waals surface area contributed by atoms with Crippen molar-refractivity contribution in [1.82, 2.24) is 15.1 Å². The van der Waals surface area contributed by atoms with E-state index in [1.807, 2.05) is 0 Å². The van der Waals surface area contributed by atoms with E-state index in [2.05, 4.69) is 10.6 Å². The molecule has 2 N–H and O–H groups in total. The SMILES string of the molecule is CCCN1C(=O)C(=O)N(CC(=O)Nc2cccc(C(=O)NCC)c2)C1=O. The minimum Gasteiger partial charge on any atom is -0.352 e. The van der Waals surface area contributed by atoms with Crippen molar-refractivity contribution in [3.63, 3.8) is 0 Å². The molecule has 26 heavy (non-hydrogen) atoms. The first-order valence-corrected chi connectivity index (χ1v) is 8.24. The van der Waals surface area contributed by atoms with Gasteiger partial charge >= 0.3 is 17.8 Å². The Kier molecular flexibility index (Phi) is 6.05. The van der Waals surface area contributed by atoms with Crippen molar-refractivity contribution in [2.75, 3.05) is 25.0 Å². The Balaban J connectivity index is 2.04. The topological polar surface area (TPSA) is 116 Å². The Morgan fingerprint density at radius 2 is 1.73 bits per heavy atom. The molecular formula is C17H20N4O5. The van der Waals surface area contributed by atoms with E-state index in [1.54, 1.807) is 32.0 Å². The van der Waals surface area contributed by atoms with Crippen molar-refractivity contribution in [1.29, 1.82) is 0 Å². The maximum atomic E-state index is 12.2. The highest BCUT2D eigenvalue weighted by Gasteiger charge is 2.44. The summed E-state index contributed by atoms with van der Waals surface area (Å²) >= 11 is 0. The molecular weight excluding hydrogens is 340 g/mol. The van der Waals surface area contributed by atoms with E-state index in [9.17, 15) is 24.0 Å². The average Bonchev–Trinajstić information content (AvgIpc) is 2.80. The molecule has 1 aromatic carbocycles. The number of nitrogens with one attached hydrogen (secondary N) is 2. The van der Waals surface area contributed by atoms with Gasteiger partial charge < -0.3 is 10.6 Å². The van der Waals surface area contributed by atoms with Crippen LogP contribution < -0.4 is 10.6 Å². The van der Waals surface area contributed by atoms with Gasteiger partial charge in [0.05, 0.1) is 0 Å².